The van der Waals surface area contributed by atoms with Crippen molar-refractivity contribution in [1.29, 1.82) is 0 Å². The number of rotatable bonds is 0. The fourth-order valence-electron chi connectivity index (χ4n) is 1.07. The molecule has 0 radical (unpaired) electrons. The Morgan fingerprint density at radius 3 is 3.00 bits per heavy atom. The van der Waals surface area contributed by atoms with Crippen molar-refractivity contribution in [3.8, 4) is 0 Å². The summed E-state index contributed by atoms with van der Waals surface area (Å²) in [6, 6.07) is 6.21. The summed E-state index contributed by atoms with van der Waals surface area (Å²) in [5, 5.41) is 2.06. The van der Waals surface area contributed by atoms with Gasteiger partial charge < -0.3 is 0 Å². The molecule has 1 aromatic carbocycles. The summed E-state index contributed by atoms with van der Waals surface area (Å²) in [6.45, 7) is 0. The summed E-state index contributed by atoms with van der Waals surface area (Å²) >= 11 is 3.42. The van der Waals surface area contributed by atoms with E-state index in [2.05, 4.69) is 39.5 Å². The minimum atomic E-state index is -0.535. The van der Waals surface area contributed by atoms with Gasteiger partial charge in [-0.25, -0.2) is 0 Å². The second-order valence-corrected chi connectivity index (χ2v) is 5.74. The van der Waals surface area contributed by atoms with Gasteiger partial charge in [-0.05, 0) is 29.2 Å². The van der Waals surface area contributed by atoms with Gasteiger partial charge in [0.2, 0.25) is 0 Å². The highest BCUT2D eigenvalue weighted by Crippen LogP contribution is 2.50. The van der Waals surface area contributed by atoms with Crippen molar-refractivity contribution in [3.63, 3.8) is 0 Å². The summed E-state index contributed by atoms with van der Waals surface area (Å²) in [6.07, 6.45) is 2.08. The lowest BCUT2D eigenvalue weighted by atomic mass is 10.2. The van der Waals surface area contributed by atoms with Crippen molar-refractivity contribution in [2.75, 3.05) is 0 Å². The monoisotopic (exact) mass is 248 g/mol. The number of hydrogen-bond donors (Lipinski definition) is 1. The lowest BCUT2D eigenvalue weighted by Gasteiger charge is -2.05. The molecule has 1 atom stereocenters. The molecule has 0 spiro atoms. The third-order valence-corrected chi connectivity index (χ3v) is 4.24. The highest BCUT2D eigenvalue weighted by Gasteiger charge is 2.10. The molecule has 1 aliphatic heterocycles. The molecule has 1 heterocycles. The van der Waals surface area contributed by atoms with Crippen molar-refractivity contribution >= 4 is 42.8 Å². The molecule has 3 heteroatoms. The molecule has 2 rings (SSSR count). The third-order valence-electron chi connectivity index (χ3n) is 1.61. The Balaban J connectivity index is 2.58. The number of halogens is 2. The van der Waals surface area contributed by atoms with Crippen molar-refractivity contribution < 1.29 is 0 Å². The molecule has 1 aliphatic rings. The van der Waals surface area contributed by atoms with Crippen LogP contribution in [0.2, 0.25) is 0 Å². The van der Waals surface area contributed by atoms with Crippen LogP contribution in [0.25, 0.3) is 6.08 Å². The second kappa shape index (κ2) is 2.85. The average molecular weight is 250 g/mol. The first-order valence-corrected chi connectivity index (χ1v) is 6.31. The minimum Gasteiger partial charge on any atom is -0.127 e. The number of hydrogen-bond acceptors (Lipinski definition) is 0. The summed E-state index contributed by atoms with van der Waals surface area (Å²) in [5.41, 5.74) is 1.26. The molecular formula is C8H6BrClS. The third kappa shape index (κ3) is 1.35. The Morgan fingerprint density at radius 2 is 2.18 bits per heavy atom. The second-order valence-electron chi connectivity index (χ2n) is 2.33. The molecule has 0 N–H and O–H groups in total. The molecule has 0 saturated heterocycles. The Morgan fingerprint density at radius 1 is 1.36 bits per heavy atom. The smallest absolute Gasteiger partial charge is 0.0186 e. The molecular weight excluding hydrogens is 244 g/mol. The van der Waals surface area contributed by atoms with E-state index in [0.29, 0.717) is 0 Å². The van der Waals surface area contributed by atoms with Gasteiger partial charge in [-0.15, -0.1) is 10.1 Å². The van der Waals surface area contributed by atoms with Gasteiger partial charge in [0.15, 0.2) is 0 Å². The van der Waals surface area contributed by atoms with Crippen LogP contribution < -0.4 is 0 Å². The first kappa shape index (κ1) is 7.71. The highest BCUT2D eigenvalue weighted by molar-refractivity contribution is 9.10. The van der Waals surface area contributed by atoms with E-state index < -0.39 is 10.1 Å². The minimum absolute atomic E-state index is 0.535. The van der Waals surface area contributed by atoms with E-state index >= 15 is 0 Å². The lowest BCUT2D eigenvalue weighted by Crippen LogP contribution is -1.74. The normalized spacial score (nSPS) is 23.6. The predicted octanol–water partition coefficient (Wildman–Crippen LogP) is 3.95. The molecule has 0 bridgehead atoms. The van der Waals surface area contributed by atoms with Gasteiger partial charge in [0, 0.05) is 9.37 Å². The summed E-state index contributed by atoms with van der Waals surface area (Å²) in [7, 11) is 5.54. The van der Waals surface area contributed by atoms with Gasteiger partial charge in [0.25, 0.3) is 0 Å². The maximum absolute atomic E-state index is 6.07. The van der Waals surface area contributed by atoms with E-state index in [1.165, 1.54) is 10.5 Å². The number of benzene rings is 1. The molecule has 0 nitrogen and oxygen atoms in total. The highest BCUT2D eigenvalue weighted by atomic mass is 79.9. The van der Waals surface area contributed by atoms with E-state index in [0.717, 1.165) is 4.47 Å². The molecule has 0 saturated carbocycles. The van der Waals surface area contributed by atoms with Crippen LogP contribution in [0, 0.1) is 0 Å². The summed E-state index contributed by atoms with van der Waals surface area (Å²) in [4.78, 5) is 1.26. The van der Waals surface area contributed by atoms with Gasteiger partial charge in [0.1, 0.15) is 0 Å². The van der Waals surface area contributed by atoms with Crippen LogP contribution in [-0.4, -0.2) is 0 Å². The Kier molecular flexibility index (Phi) is 2.00. The van der Waals surface area contributed by atoms with Crippen LogP contribution in [0.15, 0.2) is 33.0 Å². The topological polar surface area (TPSA) is 0 Å². The molecule has 1 unspecified atom stereocenters. The van der Waals surface area contributed by atoms with Crippen LogP contribution in [0.3, 0.4) is 0 Å². The van der Waals surface area contributed by atoms with Crippen LogP contribution in [-0.2, 0) is 0 Å². The van der Waals surface area contributed by atoms with E-state index in [1.807, 2.05) is 6.07 Å². The molecule has 0 aliphatic carbocycles. The largest absolute Gasteiger partial charge is 0.127 e. The molecule has 0 aromatic heterocycles. The quantitative estimate of drug-likeness (QED) is 0.662. The summed E-state index contributed by atoms with van der Waals surface area (Å²) < 4.78 is 1.10. The molecule has 11 heavy (non-hydrogen) atoms. The van der Waals surface area contributed by atoms with Crippen molar-refractivity contribution in [3.05, 3.63) is 33.6 Å². The molecule has 58 valence electrons. The Labute approximate surface area is 81.2 Å². The Hall–Kier alpha value is 0.0800. The van der Waals surface area contributed by atoms with Crippen molar-refractivity contribution in [1.82, 2.24) is 0 Å². The van der Waals surface area contributed by atoms with Crippen molar-refractivity contribution in [2.45, 2.75) is 4.90 Å². The first-order chi connectivity index (χ1) is 5.27. The number of thiol groups is 1. The van der Waals surface area contributed by atoms with E-state index in [-0.39, 0.29) is 0 Å². The predicted molar refractivity (Wildman–Crippen MR) is 56.3 cm³/mol. The maximum Gasteiger partial charge on any atom is 0.0186 e. The van der Waals surface area contributed by atoms with E-state index in [4.69, 9.17) is 10.7 Å². The van der Waals surface area contributed by atoms with Gasteiger partial charge in [-0.3, -0.25) is 0 Å². The Bertz CT molecular complexity index is 322. The van der Waals surface area contributed by atoms with Gasteiger partial charge in [0.05, 0.1) is 0 Å². The first-order valence-electron chi connectivity index (χ1n) is 3.20. The van der Waals surface area contributed by atoms with E-state index in [9.17, 15) is 0 Å². The fraction of sp³-hybridized carbons (Fsp3) is 0. The van der Waals surface area contributed by atoms with Crippen LogP contribution >= 0.6 is 36.7 Å². The lowest BCUT2D eigenvalue weighted by molar-refractivity contribution is 1.42. The molecule has 0 amide bonds. The van der Waals surface area contributed by atoms with Crippen LogP contribution in [0.5, 0.6) is 0 Å². The van der Waals surface area contributed by atoms with Crippen LogP contribution in [0.1, 0.15) is 5.56 Å². The zero-order valence-corrected chi connectivity index (χ0v) is 8.83. The van der Waals surface area contributed by atoms with Gasteiger partial charge in [-0.1, -0.05) is 32.7 Å². The molecule has 0 fully saturated rings. The zero-order valence-electron chi connectivity index (χ0n) is 5.59. The fourth-order valence-corrected chi connectivity index (χ4v) is 3.33. The molecule has 1 aromatic rings. The van der Waals surface area contributed by atoms with Gasteiger partial charge in [-0.2, -0.15) is 0 Å². The average Bonchev–Trinajstić information content (AvgIpc) is 2.33. The summed E-state index contributed by atoms with van der Waals surface area (Å²) in [5.74, 6) is 0. The van der Waals surface area contributed by atoms with Crippen molar-refractivity contribution in [2.24, 2.45) is 0 Å². The van der Waals surface area contributed by atoms with Crippen LogP contribution in [0.4, 0.5) is 0 Å². The standard InChI is InChI=1S/C8H6BrClS/c9-7-2-1-6-3-4-11(10)8(6)5-7/h1-5,11H. The number of fused-ring (bicyclic) bond motifs is 1. The van der Waals surface area contributed by atoms with Gasteiger partial charge >= 0.3 is 0 Å². The van der Waals surface area contributed by atoms with E-state index in [1.54, 1.807) is 0 Å². The zero-order chi connectivity index (χ0) is 7.84. The maximum atomic E-state index is 6.07. The SMILES string of the molecule is Cl[SH]1C=Cc2ccc(Br)cc21.